The lowest BCUT2D eigenvalue weighted by Gasteiger charge is -2.24. The fourth-order valence-electron chi connectivity index (χ4n) is 5.11. The van der Waals surface area contributed by atoms with Crippen molar-refractivity contribution in [2.24, 2.45) is 0 Å². The number of nitrogen functional groups attached to an aromatic ring is 1. The molecule has 2 atom stereocenters. The standard InChI is InChI=1S/C26H31FN6O2/c1-16(2)30-25(34)32-9-7-26(15-32)8-10-33-23(26)13-21(31-33)19-12-22(24(28)29-14-19)35-17(3)18-5-4-6-20(27)11-18/h4-6,11-14,16-17H,7-10,15H2,1-3H3,(H2,28,29)(H,30,34)/t17?,26-/m1/s1. The van der Waals surface area contributed by atoms with Gasteiger partial charge in [-0.25, -0.2) is 14.2 Å². The number of hydrogen-bond donors (Lipinski definition) is 2. The van der Waals surface area contributed by atoms with E-state index in [-0.39, 0.29) is 29.1 Å². The van der Waals surface area contributed by atoms with Gasteiger partial charge < -0.3 is 20.7 Å². The molecule has 1 saturated heterocycles. The fraction of sp³-hybridized carbons (Fsp3) is 0.423. The zero-order valence-electron chi connectivity index (χ0n) is 20.3. The Labute approximate surface area is 204 Å². The Morgan fingerprint density at radius 1 is 1.20 bits per heavy atom. The van der Waals surface area contributed by atoms with Crippen molar-refractivity contribution >= 4 is 11.8 Å². The number of carbonyl (C=O) groups excluding carboxylic acids is 1. The van der Waals surface area contributed by atoms with Crippen LogP contribution in [0.4, 0.5) is 15.0 Å². The number of carbonyl (C=O) groups is 1. The van der Waals surface area contributed by atoms with Gasteiger partial charge in [-0.05, 0) is 63.4 Å². The molecule has 0 bridgehead atoms. The molecule has 4 heterocycles. The maximum atomic E-state index is 13.6. The van der Waals surface area contributed by atoms with Crippen molar-refractivity contribution in [3.63, 3.8) is 0 Å². The van der Waals surface area contributed by atoms with Gasteiger partial charge in [0.2, 0.25) is 0 Å². The Morgan fingerprint density at radius 2 is 2.00 bits per heavy atom. The number of urea groups is 1. The number of hydrogen-bond acceptors (Lipinski definition) is 5. The maximum absolute atomic E-state index is 13.6. The van der Waals surface area contributed by atoms with Crippen molar-refractivity contribution in [3.05, 3.63) is 59.7 Å². The van der Waals surface area contributed by atoms with E-state index in [1.807, 2.05) is 42.5 Å². The number of aryl methyl sites for hydroxylation is 1. The second kappa shape index (κ2) is 8.87. The SMILES string of the molecule is CC(C)NC(=O)N1CC[C@@]2(CCn3nc(-c4cnc(N)c(OC(C)c5cccc(F)c5)c4)cc32)C1. The summed E-state index contributed by atoms with van der Waals surface area (Å²) >= 11 is 0. The van der Waals surface area contributed by atoms with Crippen LogP contribution in [0, 0.1) is 5.82 Å². The monoisotopic (exact) mass is 478 g/mol. The highest BCUT2D eigenvalue weighted by Crippen LogP contribution is 2.44. The summed E-state index contributed by atoms with van der Waals surface area (Å²) in [5, 5.41) is 7.83. The highest BCUT2D eigenvalue weighted by atomic mass is 19.1. The fourth-order valence-corrected chi connectivity index (χ4v) is 5.11. The van der Waals surface area contributed by atoms with E-state index in [1.54, 1.807) is 12.3 Å². The number of anilines is 1. The predicted molar refractivity (Wildman–Crippen MR) is 131 cm³/mol. The molecule has 2 aliphatic rings. The summed E-state index contributed by atoms with van der Waals surface area (Å²) in [4.78, 5) is 18.8. The predicted octanol–water partition coefficient (Wildman–Crippen LogP) is 4.27. The van der Waals surface area contributed by atoms with Crippen LogP contribution < -0.4 is 15.8 Å². The number of benzene rings is 1. The summed E-state index contributed by atoms with van der Waals surface area (Å²) < 4.78 is 21.7. The first-order valence-electron chi connectivity index (χ1n) is 12.1. The van der Waals surface area contributed by atoms with Crippen LogP contribution in [0.2, 0.25) is 0 Å². The molecule has 2 aromatic heterocycles. The van der Waals surface area contributed by atoms with Crippen molar-refractivity contribution in [1.29, 1.82) is 0 Å². The number of fused-ring (bicyclic) bond motifs is 2. The summed E-state index contributed by atoms with van der Waals surface area (Å²) in [5.74, 6) is 0.383. The third-order valence-corrected chi connectivity index (χ3v) is 6.98. The third-order valence-electron chi connectivity index (χ3n) is 6.98. The van der Waals surface area contributed by atoms with Gasteiger partial charge in [0.05, 0.1) is 5.69 Å². The number of likely N-dealkylation sites (tertiary alicyclic amines) is 1. The second-order valence-electron chi connectivity index (χ2n) is 9.87. The molecule has 5 rings (SSSR count). The van der Waals surface area contributed by atoms with Crippen molar-refractivity contribution in [2.75, 3.05) is 18.8 Å². The molecule has 35 heavy (non-hydrogen) atoms. The Morgan fingerprint density at radius 3 is 2.77 bits per heavy atom. The van der Waals surface area contributed by atoms with Crippen LogP contribution >= 0.6 is 0 Å². The molecular formula is C26H31FN6O2. The van der Waals surface area contributed by atoms with Gasteiger partial charge in [-0.1, -0.05) is 12.1 Å². The molecule has 8 nitrogen and oxygen atoms in total. The summed E-state index contributed by atoms with van der Waals surface area (Å²) in [5.41, 5.74) is 9.47. The molecule has 3 N–H and O–H groups in total. The number of pyridine rings is 1. The molecule has 0 saturated carbocycles. The van der Waals surface area contributed by atoms with Crippen molar-refractivity contribution in [2.45, 2.75) is 57.7 Å². The number of nitrogens with zero attached hydrogens (tertiary/aromatic N) is 4. The van der Waals surface area contributed by atoms with Crippen molar-refractivity contribution in [1.82, 2.24) is 25.0 Å². The Balaban J connectivity index is 1.37. The lowest BCUT2D eigenvalue weighted by Crippen LogP contribution is -2.43. The van der Waals surface area contributed by atoms with E-state index in [2.05, 4.69) is 16.4 Å². The van der Waals surface area contributed by atoms with Crippen LogP contribution in [-0.2, 0) is 12.0 Å². The summed E-state index contributed by atoms with van der Waals surface area (Å²) in [6.45, 7) is 8.03. The molecule has 1 aromatic carbocycles. The van der Waals surface area contributed by atoms with Gasteiger partial charge in [-0.3, -0.25) is 4.68 Å². The van der Waals surface area contributed by atoms with Gasteiger partial charge in [0.15, 0.2) is 11.6 Å². The van der Waals surface area contributed by atoms with Gasteiger partial charge >= 0.3 is 6.03 Å². The van der Waals surface area contributed by atoms with Gasteiger partial charge in [0.25, 0.3) is 0 Å². The summed E-state index contributed by atoms with van der Waals surface area (Å²) in [7, 11) is 0. The minimum absolute atomic E-state index is 0.00740. The van der Waals surface area contributed by atoms with Crippen LogP contribution in [0.25, 0.3) is 11.3 Å². The Hall–Kier alpha value is -3.62. The smallest absolute Gasteiger partial charge is 0.317 e. The molecular weight excluding hydrogens is 447 g/mol. The number of rotatable bonds is 5. The van der Waals surface area contributed by atoms with Crippen LogP contribution in [-0.4, -0.2) is 44.8 Å². The number of amides is 2. The average molecular weight is 479 g/mol. The number of ether oxygens (including phenoxy) is 1. The Bertz CT molecular complexity index is 1260. The third kappa shape index (κ3) is 4.42. The number of nitrogens with two attached hydrogens (primary N) is 1. The summed E-state index contributed by atoms with van der Waals surface area (Å²) in [6, 6.07) is 10.4. The second-order valence-corrected chi connectivity index (χ2v) is 9.87. The zero-order chi connectivity index (χ0) is 24.7. The van der Waals surface area contributed by atoms with Crippen LogP contribution in [0.15, 0.2) is 42.6 Å². The van der Waals surface area contributed by atoms with Crippen LogP contribution in [0.1, 0.15) is 51.0 Å². The zero-order valence-corrected chi connectivity index (χ0v) is 20.3. The lowest BCUT2D eigenvalue weighted by atomic mass is 9.82. The van der Waals surface area contributed by atoms with E-state index in [9.17, 15) is 9.18 Å². The van der Waals surface area contributed by atoms with E-state index in [4.69, 9.17) is 15.6 Å². The lowest BCUT2D eigenvalue weighted by molar-refractivity contribution is 0.203. The van der Waals surface area contributed by atoms with E-state index >= 15 is 0 Å². The highest BCUT2D eigenvalue weighted by Gasteiger charge is 2.47. The molecule has 2 amide bonds. The van der Waals surface area contributed by atoms with E-state index < -0.39 is 6.10 Å². The first-order chi connectivity index (χ1) is 16.7. The molecule has 1 unspecified atom stereocenters. The first kappa shape index (κ1) is 23.1. The van der Waals surface area contributed by atoms with E-state index in [1.165, 1.54) is 12.1 Å². The molecule has 1 spiro atoms. The first-order valence-corrected chi connectivity index (χ1v) is 12.1. The molecule has 0 radical (unpaired) electrons. The van der Waals surface area contributed by atoms with E-state index in [0.29, 0.717) is 17.9 Å². The van der Waals surface area contributed by atoms with Crippen LogP contribution in [0.3, 0.4) is 0 Å². The average Bonchev–Trinajstić information content (AvgIpc) is 3.52. The summed E-state index contributed by atoms with van der Waals surface area (Å²) in [6.07, 6.45) is 3.18. The van der Waals surface area contributed by atoms with Crippen molar-refractivity contribution in [3.8, 4) is 17.0 Å². The highest BCUT2D eigenvalue weighted by molar-refractivity contribution is 5.75. The molecule has 3 aromatic rings. The molecule has 2 aliphatic heterocycles. The number of nitrogens with one attached hydrogen (secondary N) is 1. The van der Waals surface area contributed by atoms with Gasteiger partial charge in [-0.15, -0.1) is 0 Å². The topological polar surface area (TPSA) is 98.3 Å². The van der Waals surface area contributed by atoms with Crippen molar-refractivity contribution < 1.29 is 13.9 Å². The molecule has 9 heteroatoms. The molecule has 1 fully saturated rings. The van der Waals surface area contributed by atoms with Gasteiger partial charge in [0.1, 0.15) is 11.9 Å². The van der Waals surface area contributed by atoms with Crippen LogP contribution in [0.5, 0.6) is 5.75 Å². The largest absolute Gasteiger partial charge is 0.482 e. The Kier molecular flexibility index (Phi) is 5.86. The van der Waals surface area contributed by atoms with E-state index in [0.717, 1.165) is 42.9 Å². The quantitative estimate of drug-likeness (QED) is 0.571. The molecule has 0 aliphatic carbocycles. The van der Waals surface area contributed by atoms with Gasteiger partial charge in [0, 0.05) is 48.5 Å². The maximum Gasteiger partial charge on any atom is 0.317 e. The number of halogens is 1. The molecule has 184 valence electrons. The minimum Gasteiger partial charge on any atom is -0.482 e. The minimum atomic E-state index is -0.401. The normalized spacial score (nSPS) is 19.9. The number of aromatic nitrogens is 3. The van der Waals surface area contributed by atoms with Gasteiger partial charge in [-0.2, -0.15) is 5.10 Å².